The highest BCUT2D eigenvalue weighted by atomic mass is 16.6. The van der Waals surface area contributed by atoms with E-state index in [1.165, 1.54) is 0 Å². The maximum absolute atomic E-state index is 11.7. The molecule has 0 spiro atoms. The van der Waals surface area contributed by atoms with Crippen molar-refractivity contribution < 1.29 is 9.53 Å². The molecule has 0 bridgehead atoms. The fraction of sp³-hybridized carbons (Fsp3) is 0.909. The number of rotatable bonds is 2. The van der Waals surface area contributed by atoms with Crippen molar-refractivity contribution in [3.63, 3.8) is 0 Å². The first kappa shape index (κ1) is 12.5. The van der Waals surface area contributed by atoms with Crippen LogP contribution < -0.4 is 5.73 Å². The predicted molar refractivity (Wildman–Crippen MR) is 59.2 cm³/mol. The van der Waals surface area contributed by atoms with E-state index in [4.69, 9.17) is 10.5 Å². The number of nitrogens with two attached hydrogens (primary N) is 1. The smallest absolute Gasteiger partial charge is 0.309 e. The van der Waals surface area contributed by atoms with Gasteiger partial charge in [0.25, 0.3) is 0 Å². The summed E-state index contributed by atoms with van der Waals surface area (Å²) in [5.41, 5.74) is 5.16. The van der Waals surface area contributed by atoms with Gasteiger partial charge in [-0.05, 0) is 33.6 Å². The van der Waals surface area contributed by atoms with Gasteiger partial charge >= 0.3 is 5.97 Å². The van der Waals surface area contributed by atoms with Crippen LogP contribution >= 0.6 is 0 Å². The van der Waals surface area contributed by atoms with Crippen LogP contribution in [-0.2, 0) is 9.53 Å². The summed E-state index contributed by atoms with van der Waals surface area (Å²) in [6.45, 7) is 8.10. The second-order valence-electron chi connectivity index (χ2n) is 5.11. The minimum atomic E-state index is -0.373. The molecule has 2 N–H and O–H groups in total. The molecule has 1 heterocycles. The van der Waals surface area contributed by atoms with Crippen LogP contribution in [0.5, 0.6) is 0 Å². The molecule has 0 aromatic rings. The molecule has 1 aliphatic heterocycles. The molecule has 0 radical (unpaired) electrons. The number of hydrogen-bond acceptors (Lipinski definition) is 4. The van der Waals surface area contributed by atoms with E-state index in [-0.39, 0.29) is 17.5 Å². The molecule has 0 unspecified atom stereocenters. The highest BCUT2D eigenvalue weighted by Gasteiger charge is 2.28. The Hall–Kier alpha value is -0.610. The highest BCUT2D eigenvalue weighted by Crippen LogP contribution is 2.20. The summed E-state index contributed by atoms with van der Waals surface area (Å²) in [7, 11) is 0. The lowest BCUT2D eigenvalue weighted by Gasteiger charge is -2.31. The molecule has 4 nitrogen and oxygen atoms in total. The molecular weight excluding hydrogens is 192 g/mol. The van der Waals surface area contributed by atoms with E-state index in [0.717, 1.165) is 25.9 Å². The Morgan fingerprint density at radius 2 is 1.93 bits per heavy atom. The summed E-state index contributed by atoms with van der Waals surface area (Å²) in [5, 5.41) is 0. The van der Waals surface area contributed by atoms with Crippen molar-refractivity contribution in [3.05, 3.63) is 0 Å². The van der Waals surface area contributed by atoms with Gasteiger partial charge in [0, 0.05) is 19.8 Å². The fourth-order valence-corrected chi connectivity index (χ4v) is 1.74. The minimum Gasteiger partial charge on any atom is -0.460 e. The molecule has 88 valence electrons. The molecule has 1 aliphatic rings. The van der Waals surface area contributed by atoms with Crippen LogP contribution in [-0.4, -0.2) is 36.2 Å². The second-order valence-corrected chi connectivity index (χ2v) is 5.11. The van der Waals surface area contributed by atoms with Crippen molar-refractivity contribution in [2.24, 2.45) is 11.7 Å². The maximum atomic E-state index is 11.7. The first-order chi connectivity index (χ1) is 6.92. The molecular formula is C11H22N2O2. The van der Waals surface area contributed by atoms with E-state index >= 15 is 0 Å². The summed E-state index contributed by atoms with van der Waals surface area (Å²) in [5.74, 6) is 0.00574. The number of piperidine rings is 1. The third-order valence-corrected chi connectivity index (χ3v) is 2.59. The van der Waals surface area contributed by atoms with Crippen molar-refractivity contribution in [1.29, 1.82) is 0 Å². The van der Waals surface area contributed by atoms with Gasteiger partial charge < -0.3 is 10.5 Å². The normalized spacial score (nSPS) is 20.3. The van der Waals surface area contributed by atoms with Gasteiger partial charge in [-0.2, -0.15) is 0 Å². The fourth-order valence-electron chi connectivity index (χ4n) is 1.74. The highest BCUT2D eigenvalue weighted by molar-refractivity contribution is 5.73. The molecule has 0 aromatic carbocycles. The topological polar surface area (TPSA) is 55.6 Å². The lowest BCUT2D eigenvalue weighted by Crippen LogP contribution is -2.41. The zero-order valence-electron chi connectivity index (χ0n) is 9.95. The number of carbonyl (C=O) groups is 1. The van der Waals surface area contributed by atoms with Gasteiger partial charge in [-0.15, -0.1) is 0 Å². The van der Waals surface area contributed by atoms with Crippen molar-refractivity contribution in [2.45, 2.75) is 39.2 Å². The Kier molecular flexibility index (Phi) is 4.11. The van der Waals surface area contributed by atoms with E-state index in [0.29, 0.717) is 6.67 Å². The third-order valence-electron chi connectivity index (χ3n) is 2.59. The van der Waals surface area contributed by atoms with Crippen molar-refractivity contribution >= 4 is 5.97 Å². The van der Waals surface area contributed by atoms with Gasteiger partial charge in [0.1, 0.15) is 5.60 Å². The number of carbonyl (C=O) groups excluding carboxylic acids is 1. The maximum Gasteiger partial charge on any atom is 0.309 e. The largest absolute Gasteiger partial charge is 0.460 e. The summed E-state index contributed by atoms with van der Waals surface area (Å²) < 4.78 is 5.36. The standard InChI is InChI=1S/C11H22N2O2/c1-11(2,3)15-10(14)9-4-6-13(8-12)7-5-9/h9H,4-8,12H2,1-3H3. The van der Waals surface area contributed by atoms with Gasteiger partial charge in [-0.1, -0.05) is 0 Å². The molecule has 0 aromatic heterocycles. The molecule has 15 heavy (non-hydrogen) atoms. The second kappa shape index (κ2) is 4.94. The summed E-state index contributed by atoms with van der Waals surface area (Å²) in [6.07, 6.45) is 1.73. The van der Waals surface area contributed by atoms with E-state index in [2.05, 4.69) is 4.90 Å². The van der Waals surface area contributed by atoms with Crippen molar-refractivity contribution in [1.82, 2.24) is 4.90 Å². The van der Waals surface area contributed by atoms with Gasteiger partial charge in [0.2, 0.25) is 0 Å². The van der Waals surface area contributed by atoms with Crippen LogP contribution in [0.3, 0.4) is 0 Å². The van der Waals surface area contributed by atoms with Gasteiger partial charge in [0.15, 0.2) is 0 Å². The van der Waals surface area contributed by atoms with Crippen molar-refractivity contribution in [2.75, 3.05) is 19.8 Å². The van der Waals surface area contributed by atoms with Gasteiger partial charge in [-0.25, -0.2) is 0 Å². The molecule has 4 heteroatoms. The third kappa shape index (κ3) is 4.18. The lowest BCUT2D eigenvalue weighted by molar-refractivity contribution is -0.161. The van der Waals surface area contributed by atoms with Crippen LogP contribution in [0.15, 0.2) is 0 Å². The molecule has 0 amide bonds. The van der Waals surface area contributed by atoms with Gasteiger partial charge in [0.05, 0.1) is 5.92 Å². The van der Waals surface area contributed by atoms with E-state index in [9.17, 15) is 4.79 Å². The molecule has 0 saturated carbocycles. The Morgan fingerprint density at radius 3 is 2.33 bits per heavy atom. The number of likely N-dealkylation sites (tertiary alicyclic amines) is 1. The predicted octanol–water partition coefficient (Wildman–Crippen LogP) is 0.956. The van der Waals surface area contributed by atoms with Crippen LogP contribution in [0, 0.1) is 5.92 Å². The quantitative estimate of drug-likeness (QED) is 0.696. The lowest BCUT2D eigenvalue weighted by atomic mass is 9.97. The number of esters is 1. The van der Waals surface area contributed by atoms with Crippen LogP contribution in [0.4, 0.5) is 0 Å². The monoisotopic (exact) mass is 214 g/mol. The van der Waals surface area contributed by atoms with Gasteiger partial charge in [-0.3, -0.25) is 9.69 Å². The molecule has 0 aliphatic carbocycles. The number of hydrogen-bond donors (Lipinski definition) is 1. The molecule has 1 rings (SSSR count). The number of ether oxygens (including phenoxy) is 1. The minimum absolute atomic E-state index is 0.0563. The van der Waals surface area contributed by atoms with E-state index in [1.807, 2.05) is 20.8 Å². The zero-order chi connectivity index (χ0) is 11.5. The van der Waals surface area contributed by atoms with E-state index < -0.39 is 0 Å². The first-order valence-electron chi connectivity index (χ1n) is 5.57. The summed E-state index contributed by atoms with van der Waals surface area (Å²) in [4.78, 5) is 13.9. The Balaban J connectivity index is 2.37. The average molecular weight is 214 g/mol. The van der Waals surface area contributed by atoms with Crippen LogP contribution in [0.25, 0.3) is 0 Å². The first-order valence-corrected chi connectivity index (χ1v) is 5.57. The zero-order valence-corrected chi connectivity index (χ0v) is 9.95. The number of nitrogens with zero attached hydrogens (tertiary/aromatic N) is 1. The van der Waals surface area contributed by atoms with Crippen molar-refractivity contribution in [3.8, 4) is 0 Å². The molecule has 0 atom stereocenters. The molecule has 1 fully saturated rings. The Bertz CT molecular complexity index is 215. The van der Waals surface area contributed by atoms with E-state index in [1.54, 1.807) is 0 Å². The molecule has 1 saturated heterocycles. The summed E-state index contributed by atoms with van der Waals surface area (Å²) in [6, 6.07) is 0. The van der Waals surface area contributed by atoms with Crippen LogP contribution in [0.2, 0.25) is 0 Å². The SMILES string of the molecule is CC(C)(C)OC(=O)C1CCN(CN)CC1. The average Bonchev–Trinajstić information content (AvgIpc) is 2.15. The van der Waals surface area contributed by atoms with Crippen LogP contribution in [0.1, 0.15) is 33.6 Å². The Labute approximate surface area is 91.8 Å². The summed E-state index contributed by atoms with van der Waals surface area (Å²) >= 11 is 0. The Morgan fingerprint density at radius 1 is 1.40 bits per heavy atom.